The normalized spacial score (nSPS) is 18.9. The highest BCUT2D eigenvalue weighted by Gasteiger charge is 2.25. The van der Waals surface area contributed by atoms with E-state index in [4.69, 9.17) is 19.1 Å². The summed E-state index contributed by atoms with van der Waals surface area (Å²) in [5.41, 5.74) is 1.49. The monoisotopic (exact) mass is 400 g/mol. The molecule has 0 fully saturated rings. The molecule has 0 aliphatic heterocycles. The van der Waals surface area contributed by atoms with Gasteiger partial charge in [0.2, 0.25) is 0 Å². The van der Waals surface area contributed by atoms with E-state index in [0.29, 0.717) is 31.3 Å². The first-order chi connectivity index (χ1) is 12.8. The SMILES string of the molecule is CC1=CCC(C(C)COC(=O)CCCCCCCCCC[Si](O)(O)O)CC1. The van der Waals surface area contributed by atoms with Crippen molar-refractivity contribution in [3.05, 3.63) is 11.6 Å². The largest absolute Gasteiger partial charge is 0.492 e. The lowest BCUT2D eigenvalue weighted by Gasteiger charge is -2.26. The Morgan fingerprint density at radius 1 is 1.11 bits per heavy atom. The Balaban J connectivity index is 1.91. The average Bonchev–Trinajstić information content (AvgIpc) is 2.61. The fraction of sp³-hybridized carbons (Fsp3) is 0.857. The maximum absolute atomic E-state index is 11.9. The molecule has 0 spiro atoms. The van der Waals surface area contributed by atoms with Crippen LogP contribution in [0, 0.1) is 11.8 Å². The first-order valence-corrected chi connectivity index (χ1v) is 12.8. The molecule has 0 aromatic carbocycles. The van der Waals surface area contributed by atoms with Crippen LogP contribution in [0.4, 0.5) is 0 Å². The van der Waals surface area contributed by atoms with Crippen molar-refractivity contribution in [2.75, 3.05) is 6.61 Å². The zero-order valence-corrected chi connectivity index (χ0v) is 18.3. The Labute approximate surface area is 166 Å². The number of esters is 1. The standard InChI is InChI=1S/C21H40O5Si/c1-18-12-14-20(15-13-18)19(2)17-26-21(22)11-9-7-5-3-4-6-8-10-16-27(23,24)25/h12,19-20,23-25H,3-11,13-17H2,1-2H3. The quantitative estimate of drug-likeness (QED) is 0.175. The topological polar surface area (TPSA) is 87.0 Å². The van der Waals surface area contributed by atoms with E-state index in [9.17, 15) is 4.79 Å². The molecule has 1 aliphatic carbocycles. The molecule has 3 N–H and O–H groups in total. The van der Waals surface area contributed by atoms with Crippen LogP contribution < -0.4 is 0 Å². The van der Waals surface area contributed by atoms with Crippen LogP contribution in [0.2, 0.25) is 6.04 Å². The lowest BCUT2D eigenvalue weighted by molar-refractivity contribution is -0.145. The van der Waals surface area contributed by atoms with Crippen molar-refractivity contribution < 1.29 is 23.9 Å². The van der Waals surface area contributed by atoms with Crippen LogP contribution >= 0.6 is 0 Å². The number of allylic oxidation sites excluding steroid dienone is 2. The molecule has 2 unspecified atom stereocenters. The molecule has 1 aliphatic rings. The molecule has 5 nitrogen and oxygen atoms in total. The number of unbranched alkanes of at least 4 members (excludes halogenated alkanes) is 7. The van der Waals surface area contributed by atoms with Crippen molar-refractivity contribution >= 4 is 14.8 Å². The molecule has 1 rings (SSSR count). The first-order valence-electron chi connectivity index (χ1n) is 10.8. The van der Waals surface area contributed by atoms with Crippen LogP contribution in [0.3, 0.4) is 0 Å². The highest BCUT2D eigenvalue weighted by atomic mass is 28.4. The van der Waals surface area contributed by atoms with E-state index in [2.05, 4.69) is 19.9 Å². The molecule has 0 saturated carbocycles. The van der Waals surface area contributed by atoms with Gasteiger partial charge in [-0.2, -0.15) is 0 Å². The van der Waals surface area contributed by atoms with Gasteiger partial charge in [-0.1, -0.05) is 57.1 Å². The minimum atomic E-state index is -3.83. The van der Waals surface area contributed by atoms with Crippen molar-refractivity contribution in [1.82, 2.24) is 0 Å². The summed E-state index contributed by atoms with van der Waals surface area (Å²) in [6.07, 6.45) is 14.3. The molecule has 0 saturated heterocycles. The van der Waals surface area contributed by atoms with Gasteiger partial charge in [-0.25, -0.2) is 0 Å². The first kappa shape index (κ1) is 24.3. The van der Waals surface area contributed by atoms with E-state index in [1.807, 2.05) is 0 Å². The van der Waals surface area contributed by atoms with Crippen LogP contribution in [0.15, 0.2) is 11.6 Å². The minimum absolute atomic E-state index is 0.0611. The van der Waals surface area contributed by atoms with Crippen LogP contribution in [-0.2, 0) is 9.53 Å². The summed E-state index contributed by atoms with van der Waals surface area (Å²) >= 11 is 0. The van der Waals surface area contributed by atoms with Crippen LogP contribution in [0.5, 0.6) is 0 Å². The zero-order valence-electron chi connectivity index (χ0n) is 17.3. The smallest absolute Gasteiger partial charge is 0.465 e. The Morgan fingerprint density at radius 3 is 2.26 bits per heavy atom. The second-order valence-electron chi connectivity index (χ2n) is 8.35. The molecule has 0 amide bonds. The molecule has 0 aromatic rings. The molecular formula is C21H40O5Si. The summed E-state index contributed by atoms with van der Waals surface area (Å²) in [4.78, 5) is 38.6. The number of hydrogen-bond acceptors (Lipinski definition) is 5. The number of ether oxygens (including phenoxy) is 1. The third-order valence-electron chi connectivity index (χ3n) is 5.63. The van der Waals surface area contributed by atoms with Crippen molar-refractivity contribution in [2.24, 2.45) is 11.8 Å². The molecule has 6 heteroatoms. The third kappa shape index (κ3) is 13.2. The van der Waals surface area contributed by atoms with Gasteiger partial charge in [0.15, 0.2) is 0 Å². The molecule has 158 valence electrons. The molecule has 0 bridgehead atoms. The van der Waals surface area contributed by atoms with Gasteiger partial charge in [0.1, 0.15) is 0 Å². The molecule has 0 heterocycles. The van der Waals surface area contributed by atoms with Crippen molar-refractivity contribution in [3.63, 3.8) is 0 Å². The molecule has 0 aromatic heterocycles. The van der Waals surface area contributed by atoms with Crippen LogP contribution in [0.25, 0.3) is 0 Å². The highest BCUT2D eigenvalue weighted by Crippen LogP contribution is 2.29. The fourth-order valence-electron chi connectivity index (χ4n) is 3.63. The second kappa shape index (κ2) is 13.5. The van der Waals surface area contributed by atoms with Crippen molar-refractivity contribution in [1.29, 1.82) is 0 Å². The van der Waals surface area contributed by atoms with E-state index in [-0.39, 0.29) is 12.0 Å². The van der Waals surface area contributed by atoms with E-state index >= 15 is 0 Å². The Kier molecular flexibility index (Phi) is 12.2. The van der Waals surface area contributed by atoms with Gasteiger partial charge in [-0.15, -0.1) is 0 Å². The van der Waals surface area contributed by atoms with Crippen molar-refractivity contribution in [3.8, 4) is 0 Å². The summed E-state index contributed by atoms with van der Waals surface area (Å²) < 4.78 is 5.47. The zero-order chi connectivity index (χ0) is 20.1. The molecule has 2 atom stereocenters. The number of carbonyl (C=O) groups excluding carboxylic acids is 1. The van der Waals surface area contributed by atoms with Crippen LogP contribution in [-0.4, -0.2) is 35.8 Å². The Morgan fingerprint density at radius 2 is 1.70 bits per heavy atom. The Hall–Kier alpha value is -0.693. The summed E-state index contributed by atoms with van der Waals surface area (Å²) in [5, 5.41) is 0. The van der Waals surface area contributed by atoms with Gasteiger partial charge in [0.25, 0.3) is 0 Å². The summed E-state index contributed by atoms with van der Waals surface area (Å²) in [6.45, 7) is 4.93. The molecule has 0 radical (unpaired) electrons. The number of carbonyl (C=O) groups is 1. The maximum atomic E-state index is 11.9. The predicted octanol–water partition coefficient (Wildman–Crippen LogP) is 4.34. The fourth-order valence-corrected chi connectivity index (χ4v) is 4.35. The van der Waals surface area contributed by atoms with Crippen LogP contribution in [0.1, 0.15) is 90.9 Å². The Bertz CT molecular complexity index is 444. The average molecular weight is 401 g/mol. The van der Waals surface area contributed by atoms with E-state index < -0.39 is 8.80 Å². The maximum Gasteiger partial charge on any atom is 0.492 e. The van der Waals surface area contributed by atoms with Gasteiger partial charge in [-0.3, -0.25) is 4.79 Å². The highest BCUT2D eigenvalue weighted by molar-refractivity contribution is 6.56. The predicted molar refractivity (Wildman–Crippen MR) is 110 cm³/mol. The van der Waals surface area contributed by atoms with Crippen molar-refractivity contribution in [2.45, 2.75) is 96.9 Å². The third-order valence-corrected chi connectivity index (χ3v) is 6.66. The van der Waals surface area contributed by atoms with Gasteiger partial charge in [0.05, 0.1) is 6.61 Å². The second-order valence-corrected chi connectivity index (χ2v) is 10.4. The minimum Gasteiger partial charge on any atom is -0.465 e. The lowest BCUT2D eigenvalue weighted by Crippen LogP contribution is -2.33. The van der Waals surface area contributed by atoms with Gasteiger partial charge in [-0.05, 0) is 50.9 Å². The summed E-state index contributed by atoms with van der Waals surface area (Å²) in [5.74, 6) is 1.02. The molecule has 27 heavy (non-hydrogen) atoms. The van der Waals surface area contributed by atoms with Gasteiger partial charge in [0, 0.05) is 12.5 Å². The van der Waals surface area contributed by atoms with Gasteiger partial charge >= 0.3 is 14.8 Å². The number of rotatable bonds is 14. The van der Waals surface area contributed by atoms with E-state index in [1.165, 1.54) is 18.4 Å². The van der Waals surface area contributed by atoms with Gasteiger partial charge < -0.3 is 19.1 Å². The molecular weight excluding hydrogens is 360 g/mol. The summed E-state index contributed by atoms with van der Waals surface area (Å²) in [7, 11) is -3.83. The van der Waals surface area contributed by atoms with E-state index in [1.54, 1.807) is 0 Å². The number of hydrogen-bond donors (Lipinski definition) is 3. The van der Waals surface area contributed by atoms with E-state index in [0.717, 1.165) is 51.4 Å². The summed E-state index contributed by atoms with van der Waals surface area (Å²) in [6, 6.07) is 0.144. The lowest BCUT2D eigenvalue weighted by atomic mass is 9.82.